The number of carbonyl (C=O) groups excluding carboxylic acids is 2. The lowest BCUT2D eigenvalue weighted by atomic mass is 10.2. The highest BCUT2D eigenvalue weighted by Gasteiger charge is 2.31. The summed E-state index contributed by atoms with van der Waals surface area (Å²) in [6.45, 7) is 1.25. The summed E-state index contributed by atoms with van der Waals surface area (Å²) in [5.74, 6) is -1.13. The summed E-state index contributed by atoms with van der Waals surface area (Å²) in [7, 11) is -3.99. The number of nitrogens with one attached hydrogen (secondary N) is 2. The number of carbonyl (C=O) groups is 2. The number of hydrogen-bond acceptors (Lipinski definition) is 7. The topological polar surface area (TPSA) is 133 Å². The molecular formula is C17H26N4O6S2. The molecule has 0 aliphatic carbocycles. The summed E-state index contributed by atoms with van der Waals surface area (Å²) < 4.78 is 48.8. The fraction of sp³-hybridized carbons (Fsp3) is 0.529. The lowest BCUT2D eigenvalue weighted by Gasteiger charge is -2.22. The van der Waals surface area contributed by atoms with Gasteiger partial charge >= 0.3 is 0 Å². The number of sulfone groups is 1. The minimum absolute atomic E-state index is 0.00477. The average Bonchev–Trinajstić information content (AvgIpc) is 3.00. The van der Waals surface area contributed by atoms with Crippen molar-refractivity contribution in [2.45, 2.75) is 24.3 Å². The van der Waals surface area contributed by atoms with Gasteiger partial charge in [0.15, 0.2) is 9.84 Å². The second-order valence-corrected chi connectivity index (χ2v) is 11.4. The van der Waals surface area contributed by atoms with Crippen LogP contribution >= 0.6 is 0 Å². The van der Waals surface area contributed by atoms with E-state index in [0.29, 0.717) is 6.42 Å². The predicted octanol–water partition coefficient (Wildman–Crippen LogP) is -1.12. The number of benzene rings is 1. The van der Waals surface area contributed by atoms with Gasteiger partial charge in [-0.05, 0) is 32.5 Å². The monoisotopic (exact) mass is 446 g/mol. The molecule has 1 fully saturated rings. The van der Waals surface area contributed by atoms with Gasteiger partial charge in [0.2, 0.25) is 10.0 Å². The van der Waals surface area contributed by atoms with Crippen LogP contribution in [0.5, 0.6) is 0 Å². The largest absolute Gasteiger partial charge is 0.293 e. The van der Waals surface area contributed by atoms with Gasteiger partial charge in [-0.15, -0.1) is 0 Å². The molecule has 162 valence electrons. The zero-order valence-corrected chi connectivity index (χ0v) is 18.2. The van der Waals surface area contributed by atoms with E-state index in [1.54, 1.807) is 24.1 Å². The number of nitrogens with zero attached hydrogens (tertiary/aromatic N) is 2. The van der Waals surface area contributed by atoms with Crippen LogP contribution in [0.3, 0.4) is 0 Å². The van der Waals surface area contributed by atoms with E-state index < -0.39 is 38.2 Å². The molecular weight excluding hydrogens is 420 g/mol. The Balaban J connectivity index is 1.81. The van der Waals surface area contributed by atoms with Gasteiger partial charge < -0.3 is 0 Å². The molecule has 12 heteroatoms. The summed E-state index contributed by atoms with van der Waals surface area (Å²) in [6, 6.07) is 5.99. The van der Waals surface area contributed by atoms with Gasteiger partial charge in [-0.25, -0.2) is 16.8 Å². The van der Waals surface area contributed by atoms with Crippen molar-refractivity contribution in [2.24, 2.45) is 0 Å². The molecule has 10 nitrogen and oxygen atoms in total. The molecule has 2 amide bonds. The number of hydrogen-bond donors (Lipinski definition) is 2. The molecule has 1 saturated heterocycles. The van der Waals surface area contributed by atoms with Crippen LogP contribution in [0.2, 0.25) is 0 Å². The van der Waals surface area contributed by atoms with Crippen LogP contribution in [-0.2, 0) is 29.4 Å². The fourth-order valence-electron chi connectivity index (χ4n) is 2.87. The Kier molecular flexibility index (Phi) is 7.38. The van der Waals surface area contributed by atoms with Gasteiger partial charge in [0, 0.05) is 13.1 Å². The van der Waals surface area contributed by atoms with Crippen LogP contribution in [0.1, 0.15) is 12.0 Å². The van der Waals surface area contributed by atoms with Crippen molar-refractivity contribution in [1.29, 1.82) is 0 Å². The maximum atomic E-state index is 12.5. The van der Waals surface area contributed by atoms with Crippen LogP contribution in [-0.4, -0.2) is 82.6 Å². The third-order valence-electron chi connectivity index (χ3n) is 4.66. The van der Waals surface area contributed by atoms with Crippen molar-refractivity contribution < 1.29 is 26.4 Å². The lowest BCUT2D eigenvalue weighted by Crippen LogP contribution is -2.50. The first-order valence-electron chi connectivity index (χ1n) is 8.92. The normalized spacial score (nSPS) is 18.7. The van der Waals surface area contributed by atoms with Crippen molar-refractivity contribution in [1.82, 2.24) is 20.1 Å². The number of aryl methyl sites for hydroxylation is 1. The Labute approximate surface area is 171 Å². The standard InChI is InChI=1S/C17H26N4O6S2/c1-13-4-6-15(7-5-13)29(26,27)21(3)11-17(23)19-18-16(22)10-20(2)14-8-9-28(24,25)12-14/h4-7,14H,8-12H2,1-3H3,(H,18,22)(H,19,23)/t14-/m1/s1. The molecule has 0 bridgehead atoms. The fourth-order valence-corrected chi connectivity index (χ4v) is 5.81. The Morgan fingerprint density at radius 1 is 1.07 bits per heavy atom. The van der Waals surface area contributed by atoms with Crippen LogP contribution in [0, 0.1) is 6.92 Å². The van der Waals surface area contributed by atoms with E-state index in [-0.39, 0.29) is 29.0 Å². The summed E-state index contributed by atoms with van der Waals surface area (Å²) in [4.78, 5) is 25.6. The van der Waals surface area contributed by atoms with Crippen LogP contribution < -0.4 is 10.9 Å². The Bertz CT molecular complexity index is 960. The smallest absolute Gasteiger partial charge is 0.253 e. The van der Waals surface area contributed by atoms with Crippen LogP contribution in [0.15, 0.2) is 29.2 Å². The Hall–Kier alpha value is -2.02. The van der Waals surface area contributed by atoms with E-state index in [4.69, 9.17) is 0 Å². The van der Waals surface area contributed by atoms with Gasteiger partial charge in [-0.2, -0.15) is 4.31 Å². The molecule has 1 aliphatic heterocycles. The molecule has 0 unspecified atom stereocenters. The van der Waals surface area contributed by atoms with Crippen molar-refractivity contribution in [2.75, 3.05) is 38.7 Å². The molecule has 2 N–H and O–H groups in total. The maximum absolute atomic E-state index is 12.5. The molecule has 29 heavy (non-hydrogen) atoms. The molecule has 0 radical (unpaired) electrons. The first-order valence-corrected chi connectivity index (χ1v) is 12.2. The highest BCUT2D eigenvalue weighted by atomic mass is 32.2. The van der Waals surface area contributed by atoms with Crippen molar-refractivity contribution in [3.63, 3.8) is 0 Å². The molecule has 0 aromatic heterocycles. The minimum atomic E-state index is -3.84. The van der Waals surface area contributed by atoms with Gasteiger partial charge in [0.05, 0.1) is 29.5 Å². The number of rotatable bonds is 7. The predicted molar refractivity (Wildman–Crippen MR) is 107 cm³/mol. The van der Waals surface area contributed by atoms with E-state index in [1.807, 2.05) is 6.92 Å². The number of sulfonamides is 1. The van der Waals surface area contributed by atoms with E-state index in [2.05, 4.69) is 10.9 Å². The summed E-state index contributed by atoms with van der Waals surface area (Å²) in [5, 5.41) is 0. The van der Waals surface area contributed by atoms with Crippen molar-refractivity contribution >= 4 is 31.7 Å². The zero-order valence-electron chi connectivity index (χ0n) is 16.6. The third-order valence-corrected chi connectivity index (χ3v) is 8.23. The molecule has 0 saturated carbocycles. The Morgan fingerprint density at radius 3 is 2.14 bits per heavy atom. The second-order valence-electron chi connectivity index (χ2n) is 7.14. The molecule has 0 spiro atoms. The maximum Gasteiger partial charge on any atom is 0.253 e. The lowest BCUT2D eigenvalue weighted by molar-refractivity contribution is -0.129. The van der Waals surface area contributed by atoms with Crippen LogP contribution in [0.4, 0.5) is 0 Å². The van der Waals surface area contributed by atoms with Gasteiger partial charge in [-0.1, -0.05) is 17.7 Å². The molecule has 1 atom stereocenters. The second kappa shape index (κ2) is 9.20. The minimum Gasteiger partial charge on any atom is -0.293 e. The number of likely N-dealkylation sites (N-methyl/N-ethyl adjacent to an activating group) is 2. The quantitative estimate of drug-likeness (QED) is 0.507. The van der Waals surface area contributed by atoms with E-state index in [1.165, 1.54) is 19.2 Å². The SMILES string of the molecule is Cc1ccc(S(=O)(=O)N(C)CC(=O)NNC(=O)CN(C)[C@@H]2CCS(=O)(=O)C2)cc1. The van der Waals surface area contributed by atoms with E-state index in [9.17, 15) is 26.4 Å². The third kappa shape index (κ3) is 6.49. The molecule has 2 rings (SSSR count). The first-order chi connectivity index (χ1) is 13.4. The van der Waals surface area contributed by atoms with Crippen molar-refractivity contribution in [3.8, 4) is 0 Å². The highest BCUT2D eigenvalue weighted by molar-refractivity contribution is 7.91. The highest BCUT2D eigenvalue weighted by Crippen LogP contribution is 2.16. The zero-order chi connectivity index (χ0) is 21.8. The van der Waals surface area contributed by atoms with Crippen molar-refractivity contribution in [3.05, 3.63) is 29.8 Å². The average molecular weight is 447 g/mol. The van der Waals surface area contributed by atoms with E-state index >= 15 is 0 Å². The molecule has 1 aromatic rings. The van der Waals surface area contributed by atoms with Crippen LogP contribution in [0.25, 0.3) is 0 Å². The van der Waals surface area contributed by atoms with Gasteiger partial charge in [0.1, 0.15) is 0 Å². The van der Waals surface area contributed by atoms with Gasteiger partial charge in [-0.3, -0.25) is 25.3 Å². The first kappa shape index (κ1) is 23.3. The summed E-state index contributed by atoms with van der Waals surface area (Å²) >= 11 is 0. The molecule has 1 aliphatic rings. The molecule has 1 heterocycles. The van der Waals surface area contributed by atoms with Gasteiger partial charge in [0.25, 0.3) is 11.8 Å². The summed E-state index contributed by atoms with van der Waals surface area (Å²) in [6.07, 6.45) is 0.458. The number of hydrazine groups is 1. The molecule has 1 aromatic carbocycles. The number of amides is 2. The van der Waals surface area contributed by atoms with E-state index in [0.717, 1.165) is 9.87 Å². The summed E-state index contributed by atoms with van der Waals surface area (Å²) in [5.41, 5.74) is 5.29. The Morgan fingerprint density at radius 2 is 1.62 bits per heavy atom.